The Balaban J connectivity index is 2.13. The topological polar surface area (TPSA) is 12.0 Å². The van der Waals surface area contributed by atoms with E-state index in [4.69, 9.17) is 0 Å². The van der Waals surface area contributed by atoms with Gasteiger partial charge >= 0.3 is 0 Å². The normalized spacial score (nSPS) is 21.9. The van der Waals surface area contributed by atoms with E-state index in [0.29, 0.717) is 6.04 Å². The number of nitrogens with one attached hydrogen (secondary N) is 1. The summed E-state index contributed by atoms with van der Waals surface area (Å²) in [7, 11) is 0. The number of hydrogen-bond acceptors (Lipinski definition) is 1. The molecule has 64 valence electrons. The molecule has 1 aliphatic rings. The average Bonchev–Trinajstić information content (AvgIpc) is 2.03. The molecule has 1 N–H and O–H groups in total. The van der Waals surface area contributed by atoms with Crippen molar-refractivity contribution in [2.45, 2.75) is 25.8 Å². The largest absolute Gasteiger partial charge is 0.310 e. The SMILES string of the molecule is CCc1ccc([C@H]2CCN2)cc1. The van der Waals surface area contributed by atoms with Crippen molar-refractivity contribution in [3.63, 3.8) is 0 Å². The zero-order valence-electron chi connectivity index (χ0n) is 7.51. The van der Waals surface area contributed by atoms with Crippen LogP contribution in [0.15, 0.2) is 24.3 Å². The van der Waals surface area contributed by atoms with Crippen molar-refractivity contribution in [1.82, 2.24) is 5.32 Å². The molecule has 1 aliphatic heterocycles. The summed E-state index contributed by atoms with van der Waals surface area (Å²) in [5.41, 5.74) is 2.87. The lowest BCUT2D eigenvalue weighted by Crippen LogP contribution is -2.34. The predicted molar refractivity (Wildman–Crippen MR) is 51.2 cm³/mol. The number of benzene rings is 1. The molecule has 0 spiro atoms. The van der Waals surface area contributed by atoms with Crippen LogP contribution in [0, 0.1) is 0 Å². The third-order valence-electron chi connectivity index (χ3n) is 2.61. The Bertz CT molecular complexity index is 246. The molecule has 1 aromatic carbocycles. The highest BCUT2D eigenvalue weighted by molar-refractivity contribution is 5.26. The smallest absolute Gasteiger partial charge is 0.0332 e. The summed E-state index contributed by atoms with van der Waals surface area (Å²) in [6.45, 7) is 3.37. The Morgan fingerprint density at radius 1 is 1.33 bits per heavy atom. The number of aryl methyl sites for hydroxylation is 1. The maximum atomic E-state index is 3.40. The van der Waals surface area contributed by atoms with E-state index in [1.807, 2.05) is 0 Å². The molecule has 2 rings (SSSR count). The van der Waals surface area contributed by atoms with E-state index in [1.165, 1.54) is 24.1 Å². The summed E-state index contributed by atoms with van der Waals surface area (Å²) in [4.78, 5) is 0. The van der Waals surface area contributed by atoms with E-state index in [0.717, 1.165) is 6.42 Å². The Hall–Kier alpha value is -0.820. The van der Waals surface area contributed by atoms with Crippen molar-refractivity contribution in [3.05, 3.63) is 35.4 Å². The summed E-state index contributed by atoms with van der Waals surface area (Å²) in [6.07, 6.45) is 2.43. The number of rotatable bonds is 2. The molecule has 0 radical (unpaired) electrons. The molecular weight excluding hydrogens is 146 g/mol. The zero-order chi connectivity index (χ0) is 8.39. The fraction of sp³-hybridized carbons (Fsp3) is 0.455. The minimum atomic E-state index is 0.635. The quantitative estimate of drug-likeness (QED) is 0.701. The number of hydrogen-bond donors (Lipinski definition) is 1. The van der Waals surface area contributed by atoms with E-state index in [9.17, 15) is 0 Å². The van der Waals surface area contributed by atoms with Crippen LogP contribution < -0.4 is 5.32 Å². The van der Waals surface area contributed by atoms with Crippen LogP contribution >= 0.6 is 0 Å². The summed E-state index contributed by atoms with van der Waals surface area (Å²) >= 11 is 0. The first-order valence-electron chi connectivity index (χ1n) is 4.72. The lowest BCUT2D eigenvalue weighted by molar-refractivity contribution is 0.383. The molecule has 0 aromatic heterocycles. The minimum Gasteiger partial charge on any atom is -0.310 e. The highest BCUT2D eigenvalue weighted by atomic mass is 15.0. The maximum Gasteiger partial charge on any atom is 0.0332 e. The second-order valence-electron chi connectivity index (χ2n) is 3.39. The molecule has 12 heavy (non-hydrogen) atoms. The van der Waals surface area contributed by atoms with E-state index in [1.54, 1.807) is 0 Å². The second kappa shape index (κ2) is 3.28. The first-order chi connectivity index (χ1) is 5.90. The molecular formula is C11H15N. The highest BCUT2D eigenvalue weighted by Crippen LogP contribution is 2.22. The molecule has 1 atom stereocenters. The van der Waals surface area contributed by atoms with Gasteiger partial charge in [0.2, 0.25) is 0 Å². The molecule has 0 unspecified atom stereocenters. The lowest BCUT2D eigenvalue weighted by Gasteiger charge is -2.28. The average molecular weight is 161 g/mol. The fourth-order valence-electron chi connectivity index (χ4n) is 1.56. The third kappa shape index (κ3) is 1.37. The van der Waals surface area contributed by atoms with Crippen LogP contribution in [0.4, 0.5) is 0 Å². The Morgan fingerprint density at radius 3 is 2.42 bits per heavy atom. The first kappa shape index (κ1) is 7.81. The van der Waals surface area contributed by atoms with Crippen LogP contribution in [0.3, 0.4) is 0 Å². The van der Waals surface area contributed by atoms with E-state index < -0.39 is 0 Å². The molecule has 1 nitrogen and oxygen atoms in total. The summed E-state index contributed by atoms with van der Waals surface area (Å²) in [6, 6.07) is 9.59. The summed E-state index contributed by atoms with van der Waals surface area (Å²) in [5.74, 6) is 0. The summed E-state index contributed by atoms with van der Waals surface area (Å²) < 4.78 is 0. The van der Waals surface area contributed by atoms with Gasteiger partial charge in [-0.15, -0.1) is 0 Å². The Labute approximate surface area is 73.8 Å². The van der Waals surface area contributed by atoms with Gasteiger partial charge in [-0.25, -0.2) is 0 Å². The highest BCUT2D eigenvalue weighted by Gasteiger charge is 2.17. The second-order valence-corrected chi connectivity index (χ2v) is 3.39. The molecule has 0 aliphatic carbocycles. The van der Waals surface area contributed by atoms with Gasteiger partial charge < -0.3 is 5.32 Å². The summed E-state index contributed by atoms with van der Waals surface area (Å²) in [5, 5.41) is 3.40. The van der Waals surface area contributed by atoms with Crippen LogP contribution in [-0.2, 0) is 6.42 Å². The van der Waals surface area contributed by atoms with Crippen molar-refractivity contribution in [3.8, 4) is 0 Å². The fourth-order valence-corrected chi connectivity index (χ4v) is 1.56. The molecule has 1 saturated heterocycles. The van der Waals surface area contributed by atoms with Gasteiger partial charge in [-0.2, -0.15) is 0 Å². The Morgan fingerprint density at radius 2 is 2.00 bits per heavy atom. The lowest BCUT2D eigenvalue weighted by atomic mass is 9.97. The Kier molecular flexibility index (Phi) is 2.13. The van der Waals surface area contributed by atoms with E-state index >= 15 is 0 Å². The van der Waals surface area contributed by atoms with Crippen molar-refractivity contribution >= 4 is 0 Å². The molecule has 1 heteroatoms. The molecule has 0 saturated carbocycles. The van der Waals surface area contributed by atoms with Gasteiger partial charge in [0.05, 0.1) is 0 Å². The van der Waals surface area contributed by atoms with Gasteiger partial charge in [0.1, 0.15) is 0 Å². The van der Waals surface area contributed by atoms with Crippen molar-refractivity contribution in [2.24, 2.45) is 0 Å². The third-order valence-corrected chi connectivity index (χ3v) is 2.61. The van der Waals surface area contributed by atoms with Crippen LogP contribution in [0.1, 0.15) is 30.5 Å². The molecule has 1 aromatic rings. The van der Waals surface area contributed by atoms with E-state index in [-0.39, 0.29) is 0 Å². The zero-order valence-corrected chi connectivity index (χ0v) is 7.51. The standard InChI is InChI=1S/C11H15N/c1-2-9-3-5-10(6-4-9)11-7-8-12-11/h3-6,11-12H,2,7-8H2,1H3/t11-/m1/s1. The molecule has 1 heterocycles. The predicted octanol–water partition coefficient (Wildman–Crippen LogP) is 2.28. The maximum absolute atomic E-state index is 3.40. The van der Waals surface area contributed by atoms with Crippen LogP contribution in [0.25, 0.3) is 0 Å². The monoisotopic (exact) mass is 161 g/mol. The van der Waals surface area contributed by atoms with Crippen molar-refractivity contribution < 1.29 is 0 Å². The van der Waals surface area contributed by atoms with Gasteiger partial charge in [0.25, 0.3) is 0 Å². The van der Waals surface area contributed by atoms with Crippen LogP contribution in [-0.4, -0.2) is 6.54 Å². The van der Waals surface area contributed by atoms with Gasteiger partial charge in [-0.1, -0.05) is 31.2 Å². The molecule has 0 bridgehead atoms. The van der Waals surface area contributed by atoms with Gasteiger partial charge in [-0.3, -0.25) is 0 Å². The van der Waals surface area contributed by atoms with Crippen molar-refractivity contribution in [1.29, 1.82) is 0 Å². The minimum absolute atomic E-state index is 0.635. The van der Waals surface area contributed by atoms with Crippen LogP contribution in [0.5, 0.6) is 0 Å². The van der Waals surface area contributed by atoms with Gasteiger partial charge in [-0.05, 0) is 30.5 Å². The van der Waals surface area contributed by atoms with Crippen LogP contribution in [0.2, 0.25) is 0 Å². The van der Waals surface area contributed by atoms with Crippen molar-refractivity contribution in [2.75, 3.05) is 6.54 Å². The van der Waals surface area contributed by atoms with Gasteiger partial charge in [0.15, 0.2) is 0 Å². The molecule has 1 fully saturated rings. The van der Waals surface area contributed by atoms with Gasteiger partial charge in [0, 0.05) is 6.04 Å². The first-order valence-corrected chi connectivity index (χ1v) is 4.72. The molecule has 0 amide bonds. The van der Waals surface area contributed by atoms with E-state index in [2.05, 4.69) is 36.5 Å².